The van der Waals surface area contributed by atoms with Crippen LogP contribution in [-0.4, -0.2) is 30.3 Å². The van der Waals surface area contributed by atoms with E-state index >= 15 is 0 Å². The molecule has 6 heteroatoms. The molecule has 0 fully saturated rings. The number of aromatic carboxylic acids is 1. The van der Waals surface area contributed by atoms with Gasteiger partial charge in [0, 0.05) is 28.6 Å². The summed E-state index contributed by atoms with van der Waals surface area (Å²) >= 11 is 0. The first kappa shape index (κ1) is 15.6. The lowest BCUT2D eigenvalue weighted by atomic mass is 10.1. The van der Waals surface area contributed by atoms with Crippen LogP contribution in [0, 0.1) is 0 Å². The van der Waals surface area contributed by atoms with E-state index < -0.39 is 5.97 Å². The van der Waals surface area contributed by atoms with Gasteiger partial charge in [0.05, 0.1) is 25.5 Å². The van der Waals surface area contributed by atoms with Gasteiger partial charge in [0.1, 0.15) is 11.5 Å². The predicted octanol–water partition coefficient (Wildman–Crippen LogP) is 2.91. The average molecular weight is 325 g/mol. The molecule has 0 bridgehead atoms. The molecule has 24 heavy (non-hydrogen) atoms. The lowest BCUT2D eigenvalue weighted by Gasteiger charge is -2.11. The van der Waals surface area contributed by atoms with Crippen molar-refractivity contribution < 1.29 is 19.4 Å². The Morgan fingerprint density at radius 2 is 1.83 bits per heavy atom. The summed E-state index contributed by atoms with van der Waals surface area (Å²) in [6.07, 6.45) is 0. The molecule has 0 atom stereocenters. The number of hydrogen-bond donors (Lipinski definition) is 2. The lowest BCUT2D eigenvalue weighted by molar-refractivity contribution is 0.0697. The van der Waals surface area contributed by atoms with Crippen LogP contribution in [0.4, 0.5) is 0 Å². The van der Waals surface area contributed by atoms with Crippen molar-refractivity contribution in [2.75, 3.05) is 14.2 Å². The Kier molecular flexibility index (Phi) is 3.95. The third-order valence-electron chi connectivity index (χ3n) is 3.78. The van der Waals surface area contributed by atoms with E-state index in [1.165, 1.54) is 25.3 Å². The van der Waals surface area contributed by atoms with E-state index in [0.29, 0.717) is 33.7 Å². The van der Waals surface area contributed by atoms with Gasteiger partial charge in [-0.3, -0.25) is 4.79 Å². The quantitative estimate of drug-likeness (QED) is 0.770. The van der Waals surface area contributed by atoms with Gasteiger partial charge in [-0.1, -0.05) is 0 Å². The molecule has 0 saturated carbocycles. The summed E-state index contributed by atoms with van der Waals surface area (Å²) in [4.78, 5) is 26.6. The van der Waals surface area contributed by atoms with Crippen LogP contribution in [0.15, 0.2) is 47.3 Å². The number of ether oxygens (including phenoxy) is 2. The van der Waals surface area contributed by atoms with Crippen molar-refractivity contribution in [3.8, 4) is 22.8 Å². The molecular weight excluding hydrogens is 310 g/mol. The molecule has 0 radical (unpaired) electrons. The average Bonchev–Trinajstić information content (AvgIpc) is 2.60. The van der Waals surface area contributed by atoms with E-state index in [9.17, 15) is 9.59 Å². The van der Waals surface area contributed by atoms with Gasteiger partial charge in [-0.05, 0) is 30.3 Å². The molecule has 3 rings (SSSR count). The van der Waals surface area contributed by atoms with Crippen LogP contribution >= 0.6 is 0 Å². The van der Waals surface area contributed by atoms with Gasteiger partial charge in [-0.25, -0.2) is 4.79 Å². The van der Waals surface area contributed by atoms with Crippen LogP contribution < -0.4 is 14.9 Å². The molecule has 6 nitrogen and oxygen atoms in total. The normalized spacial score (nSPS) is 10.6. The number of aromatic nitrogens is 1. The molecular formula is C18H15NO5. The smallest absolute Gasteiger partial charge is 0.335 e. The topological polar surface area (TPSA) is 88.6 Å². The molecule has 1 heterocycles. The number of fused-ring (bicyclic) bond motifs is 1. The van der Waals surface area contributed by atoms with Crippen molar-refractivity contribution in [2.24, 2.45) is 0 Å². The van der Waals surface area contributed by atoms with Crippen LogP contribution in [0.3, 0.4) is 0 Å². The number of benzene rings is 2. The zero-order chi connectivity index (χ0) is 17.3. The van der Waals surface area contributed by atoms with Gasteiger partial charge in [-0.2, -0.15) is 0 Å². The maximum absolute atomic E-state index is 12.4. The second-order valence-corrected chi connectivity index (χ2v) is 5.18. The first-order valence-corrected chi connectivity index (χ1v) is 7.16. The van der Waals surface area contributed by atoms with Crippen LogP contribution in [0.5, 0.6) is 11.5 Å². The maximum Gasteiger partial charge on any atom is 0.335 e. The van der Waals surface area contributed by atoms with Gasteiger partial charge >= 0.3 is 5.97 Å². The molecule has 1 aromatic heterocycles. The highest BCUT2D eigenvalue weighted by Crippen LogP contribution is 2.32. The Hall–Kier alpha value is -3.28. The maximum atomic E-state index is 12.4. The van der Waals surface area contributed by atoms with Gasteiger partial charge in [0.15, 0.2) is 5.43 Å². The zero-order valence-electron chi connectivity index (χ0n) is 13.1. The number of nitrogens with one attached hydrogen (secondary N) is 1. The lowest BCUT2D eigenvalue weighted by Crippen LogP contribution is -2.06. The molecule has 2 N–H and O–H groups in total. The first-order valence-electron chi connectivity index (χ1n) is 7.16. The largest absolute Gasteiger partial charge is 0.497 e. The van der Waals surface area contributed by atoms with Crippen molar-refractivity contribution in [2.45, 2.75) is 0 Å². The highest BCUT2D eigenvalue weighted by atomic mass is 16.5. The van der Waals surface area contributed by atoms with E-state index in [2.05, 4.69) is 4.98 Å². The Morgan fingerprint density at radius 3 is 2.50 bits per heavy atom. The van der Waals surface area contributed by atoms with Gasteiger partial charge in [-0.15, -0.1) is 0 Å². The molecule has 0 spiro atoms. The Bertz CT molecular complexity index is 990. The van der Waals surface area contributed by atoms with E-state index in [0.717, 1.165) is 0 Å². The number of aromatic amines is 1. The van der Waals surface area contributed by atoms with Crippen LogP contribution in [-0.2, 0) is 0 Å². The van der Waals surface area contributed by atoms with Crippen molar-refractivity contribution in [1.82, 2.24) is 4.98 Å². The van der Waals surface area contributed by atoms with Crippen molar-refractivity contribution in [1.29, 1.82) is 0 Å². The van der Waals surface area contributed by atoms with E-state index in [4.69, 9.17) is 14.6 Å². The summed E-state index contributed by atoms with van der Waals surface area (Å²) in [6.45, 7) is 0. The van der Waals surface area contributed by atoms with Crippen LogP contribution in [0.1, 0.15) is 10.4 Å². The third-order valence-corrected chi connectivity index (χ3v) is 3.78. The number of rotatable bonds is 4. The van der Waals surface area contributed by atoms with Gasteiger partial charge in [0.2, 0.25) is 0 Å². The van der Waals surface area contributed by atoms with Crippen molar-refractivity contribution in [3.63, 3.8) is 0 Å². The molecule has 0 aliphatic carbocycles. The second-order valence-electron chi connectivity index (χ2n) is 5.18. The number of pyridine rings is 1. The fourth-order valence-corrected chi connectivity index (χ4v) is 2.55. The third kappa shape index (κ3) is 2.69. The summed E-state index contributed by atoms with van der Waals surface area (Å²) in [5.41, 5.74) is 1.65. The summed E-state index contributed by atoms with van der Waals surface area (Å²) in [7, 11) is 3.10. The minimum Gasteiger partial charge on any atom is -0.497 e. The molecule has 0 aliphatic heterocycles. The van der Waals surface area contributed by atoms with E-state index in [1.807, 2.05) is 0 Å². The first-order chi connectivity index (χ1) is 11.5. The number of hydrogen-bond acceptors (Lipinski definition) is 4. The van der Waals surface area contributed by atoms with E-state index in [1.54, 1.807) is 31.4 Å². The molecule has 0 amide bonds. The van der Waals surface area contributed by atoms with Gasteiger partial charge < -0.3 is 19.6 Å². The number of carboxylic acid groups (broad SMARTS) is 1. The highest BCUT2D eigenvalue weighted by Gasteiger charge is 2.12. The highest BCUT2D eigenvalue weighted by molar-refractivity contribution is 5.93. The Morgan fingerprint density at radius 1 is 1.04 bits per heavy atom. The Balaban J connectivity index is 2.20. The minimum absolute atomic E-state index is 0.0720. The fourth-order valence-electron chi connectivity index (χ4n) is 2.55. The summed E-state index contributed by atoms with van der Waals surface area (Å²) in [5.74, 6) is 0.133. The number of carboxylic acids is 1. The van der Waals surface area contributed by atoms with Crippen LogP contribution in [0.25, 0.3) is 22.2 Å². The molecule has 3 aromatic rings. The summed E-state index contributed by atoms with van der Waals surface area (Å²) < 4.78 is 10.5. The standard InChI is InChI=1S/C18H15NO5/c1-23-11-4-5-12(17(8-11)24-2)15-9-16(20)13-7-10(18(21)22)3-6-14(13)19-15/h3-9H,1-2H3,(H,19,20)(H,21,22). The minimum atomic E-state index is -1.07. The number of methoxy groups -OCH3 is 2. The second kappa shape index (κ2) is 6.08. The van der Waals surface area contributed by atoms with Crippen LogP contribution in [0.2, 0.25) is 0 Å². The van der Waals surface area contributed by atoms with Crippen molar-refractivity contribution in [3.05, 3.63) is 58.3 Å². The molecule has 122 valence electrons. The van der Waals surface area contributed by atoms with E-state index in [-0.39, 0.29) is 11.0 Å². The number of carbonyl (C=O) groups is 1. The predicted molar refractivity (Wildman–Crippen MR) is 90.1 cm³/mol. The monoisotopic (exact) mass is 325 g/mol. The Labute approximate surface area is 137 Å². The fraction of sp³-hybridized carbons (Fsp3) is 0.111. The van der Waals surface area contributed by atoms with Gasteiger partial charge in [0.25, 0.3) is 0 Å². The molecule has 0 saturated heterocycles. The zero-order valence-corrected chi connectivity index (χ0v) is 13.1. The molecule has 0 aliphatic rings. The SMILES string of the molecule is COc1ccc(-c2cc(=O)c3cc(C(=O)O)ccc3[nH]2)c(OC)c1. The molecule has 2 aromatic carbocycles. The summed E-state index contributed by atoms with van der Waals surface area (Å²) in [6, 6.07) is 11.1. The summed E-state index contributed by atoms with van der Waals surface area (Å²) in [5, 5.41) is 9.37. The van der Waals surface area contributed by atoms with Crippen molar-refractivity contribution >= 4 is 16.9 Å². The molecule has 0 unspecified atom stereocenters. The number of H-pyrrole nitrogens is 1.